The predicted molar refractivity (Wildman–Crippen MR) is 67.6 cm³/mol. The Bertz CT molecular complexity index is 185. The van der Waals surface area contributed by atoms with Crippen molar-refractivity contribution in [2.24, 2.45) is 5.92 Å². The molecule has 0 aromatic carbocycles. The number of hydrogen-bond acceptors (Lipinski definition) is 2. The Labute approximate surface area is 100 Å². The summed E-state index contributed by atoms with van der Waals surface area (Å²) in [6, 6.07) is 0.745. The highest BCUT2D eigenvalue weighted by Gasteiger charge is 2.23. The average molecular weight is 225 g/mol. The minimum atomic E-state index is 0.571. The second-order valence-electron chi connectivity index (χ2n) is 5.49. The van der Waals surface area contributed by atoms with Crippen molar-refractivity contribution in [1.82, 2.24) is 5.32 Å². The van der Waals surface area contributed by atoms with Crippen LogP contribution in [0.3, 0.4) is 0 Å². The number of rotatable bonds is 8. The highest BCUT2D eigenvalue weighted by molar-refractivity contribution is 4.78. The van der Waals surface area contributed by atoms with Gasteiger partial charge >= 0.3 is 0 Å². The van der Waals surface area contributed by atoms with Crippen LogP contribution in [-0.4, -0.2) is 25.3 Å². The van der Waals surface area contributed by atoms with Crippen molar-refractivity contribution in [3.05, 3.63) is 0 Å². The van der Waals surface area contributed by atoms with Gasteiger partial charge in [-0.15, -0.1) is 0 Å². The molecule has 0 spiro atoms. The third-order valence-electron chi connectivity index (χ3n) is 3.97. The van der Waals surface area contributed by atoms with E-state index in [1.165, 1.54) is 51.4 Å². The molecule has 1 aliphatic heterocycles. The number of nitrogens with one attached hydrogen (secondary N) is 1. The minimum Gasteiger partial charge on any atom is -0.378 e. The molecule has 0 aromatic rings. The minimum absolute atomic E-state index is 0.571. The summed E-state index contributed by atoms with van der Waals surface area (Å²) in [5.74, 6) is 1.07. The largest absolute Gasteiger partial charge is 0.378 e. The van der Waals surface area contributed by atoms with Crippen molar-refractivity contribution in [1.29, 1.82) is 0 Å². The molecule has 2 rings (SSSR count). The normalized spacial score (nSPS) is 27.2. The molecular weight excluding hydrogens is 198 g/mol. The second kappa shape index (κ2) is 6.61. The maximum atomic E-state index is 5.69. The molecule has 2 atom stereocenters. The summed E-state index contributed by atoms with van der Waals surface area (Å²) in [4.78, 5) is 0. The summed E-state index contributed by atoms with van der Waals surface area (Å²) in [6.07, 6.45) is 11.5. The molecule has 2 unspecified atom stereocenters. The topological polar surface area (TPSA) is 21.3 Å². The molecule has 0 aromatic heterocycles. The molecule has 1 heterocycles. The first-order valence-corrected chi connectivity index (χ1v) is 7.23. The van der Waals surface area contributed by atoms with E-state index in [0.717, 1.165) is 25.1 Å². The van der Waals surface area contributed by atoms with Gasteiger partial charge in [-0.2, -0.15) is 0 Å². The van der Waals surface area contributed by atoms with E-state index < -0.39 is 0 Å². The van der Waals surface area contributed by atoms with Crippen molar-refractivity contribution < 1.29 is 4.74 Å². The molecule has 0 amide bonds. The van der Waals surface area contributed by atoms with Crippen molar-refractivity contribution in [3.63, 3.8) is 0 Å². The lowest BCUT2D eigenvalue weighted by molar-refractivity contribution is 0.0992. The Morgan fingerprint density at radius 3 is 2.62 bits per heavy atom. The summed E-state index contributed by atoms with van der Waals surface area (Å²) < 4.78 is 5.69. The maximum Gasteiger partial charge on any atom is 0.0576 e. The fourth-order valence-corrected chi connectivity index (χ4v) is 2.74. The summed E-state index contributed by atoms with van der Waals surface area (Å²) >= 11 is 0. The second-order valence-corrected chi connectivity index (χ2v) is 5.49. The van der Waals surface area contributed by atoms with Crippen LogP contribution in [0.4, 0.5) is 0 Å². The summed E-state index contributed by atoms with van der Waals surface area (Å²) in [5, 5.41) is 3.63. The van der Waals surface area contributed by atoms with Gasteiger partial charge in [0.2, 0.25) is 0 Å². The van der Waals surface area contributed by atoms with Crippen molar-refractivity contribution in [3.8, 4) is 0 Å². The Kier molecular flexibility index (Phi) is 5.11. The first kappa shape index (κ1) is 12.4. The van der Waals surface area contributed by atoms with E-state index in [1.54, 1.807) is 0 Å². The Balaban J connectivity index is 1.59. The van der Waals surface area contributed by atoms with Gasteiger partial charge in [-0.3, -0.25) is 0 Å². The quantitative estimate of drug-likeness (QED) is 0.685. The molecular formula is C14H27NO. The Morgan fingerprint density at radius 2 is 2.00 bits per heavy atom. The zero-order valence-electron chi connectivity index (χ0n) is 10.7. The van der Waals surface area contributed by atoms with E-state index >= 15 is 0 Å². The van der Waals surface area contributed by atoms with Crippen LogP contribution in [0.25, 0.3) is 0 Å². The summed E-state index contributed by atoms with van der Waals surface area (Å²) in [5.41, 5.74) is 0. The summed E-state index contributed by atoms with van der Waals surface area (Å²) in [6.45, 7) is 4.33. The van der Waals surface area contributed by atoms with Crippen molar-refractivity contribution in [2.75, 3.05) is 13.2 Å². The molecule has 1 N–H and O–H groups in total. The van der Waals surface area contributed by atoms with Crippen LogP contribution >= 0.6 is 0 Å². The molecule has 94 valence electrons. The Hall–Kier alpha value is -0.0800. The molecule has 2 heteroatoms. The molecule has 2 aliphatic rings. The molecule has 1 saturated carbocycles. The molecule has 1 aliphatic carbocycles. The predicted octanol–water partition coefficient (Wildman–Crippen LogP) is 3.11. The average Bonchev–Trinajstić information content (AvgIpc) is 2.97. The van der Waals surface area contributed by atoms with Crippen LogP contribution in [0.5, 0.6) is 0 Å². The van der Waals surface area contributed by atoms with Gasteiger partial charge in [0.15, 0.2) is 0 Å². The fourth-order valence-electron chi connectivity index (χ4n) is 2.74. The van der Waals surface area contributed by atoms with Crippen LogP contribution in [0.2, 0.25) is 0 Å². The fraction of sp³-hybridized carbons (Fsp3) is 1.00. The van der Waals surface area contributed by atoms with Crippen molar-refractivity contribution in [2.45, 2.75) is 70.4 Å². The molecule has 2 fully saturated rings. The lowest BCUT2D eigenvalue weighted by Crippen LogP contribution is -2.30. The van der Waals surface area contributed by atoms with Gasteiger partial charge in [-0.1, -0.05) is 19.8 Å². The first-order valence-electron chi connectivity index (χ1n) is 7.23. The van der Waals surface area contributed by atoms with E-state index in [0.29, 0.717) is 6.10 Å². The van der Waals surface area contributed by atoms with E-state index in [4.69, 9.17) is 4.74 Å². The smallest absolute Gasteiger partial charge is 0.0576 e. The van der Waals surface area contributed by atoms with Gasteiger partial charge < -0.3 is 10.1 Å². The molecule has 1 saturated heterocycles. The highest BCUT2D eigenvalue weighted by Crippen LogP contribution is 2.34. The van der Waals surface area contributed by atoms with Gasteiger partial charge in [0.25, 0.3) is 0 Å². The van der Waals surface area contributed by atoms with Crippen LogP contribution in [0.1, 0.15) is 58.3 Å². The number of hydrogen-bond donors (Lipinski definition) is 1. The van der Waals surface area contributed by atoms with Gasteiger partial charge in [0.1, 0.15) is 0 Å². The van der Waals surface area contributed by atoms with E-state index in [-0.39, 0.29) is 0 Å². The Morgan fingerprint density at radius 1 is 1.19 bits per heavy atom. The van der Waals surface area contributed by atoms with E-state index in [2.05, 4.69) is 12.2 Å². The zero-order chi connectivity index (χ0) is 11.2. The summed E-state index contributed by atoms with van der Waals surface area (Å²) in [7, 11) is 0. The maximum absolute atomic E-state index is 5.69. The standard InChI is InChI=1S/C14H27NO/c1-2-15-13(8-7-12-5-6-12)9-10-14-4-3-11-16-14/h12-15H,2-11H2,1H3. The zero-order valence-corrected chi connectivity index (χ0v) is 10.7. The van der Waals surface area contributed by atoms with E-state index in [1.807, 2.05) is 0 Å². The highest BCUT2D eigenvalue weighted by atomic mass is 16.5. The monoisotopic (exact) mass is 225 g/mol. The molecule has 2 nitrogen and oxygen atoms in total. The lowest BCUT2D eigenvalue weighted by atomic mass is 10.0. The van der Waals surface area contributed by atoms with E-state index in [9.17, 15) is 0 Å². The number of ether oxygens (including phenoxy) is 1. The molecule has 16 heavy (non-hydrogen) atoms. The van der Waals surface area contributed by atoms with Gasteiger partial charge in [0, 0.05) is 12.6 Å². The van der Waals surface area contributed by atoms with Gasteiger partial charge in [0.05, 0.1) is 6.10 Å². The van der Waals surface area contributed by atoms with Crippen LogP contribution in [0, 0.1) is 5.92 Å². The lowest BCUT2D eigenvalue weighted by Gasteiger charge is -2.19. The third kappa shape index (κ3) is 4.42. The third-order valence-corrected chi connectivity index (χ3v) is 3.97. The van der Waals surface area contributed by atoms with Gasteiger partial charge in [-0.25, -0.2) is 0 Å². The SMILES string of the molecule is CCNC(CCC1CC1)CCC1CCCO1. The van der Waals surface area contributed by atoms with Crippen LogP contribution in [-0.2, 0) is 4.74 Å². The van der Waals surface area contributed by atoms with Crippen LogP contribution < -0.4 is 5.32 Å². The van der Waals surface area contributed by atoms with Gasteiger partial charge in [-0.05, 0) is 51.0 Å². The first-order chi connectivity index (χ1) is 7.88. The van der Waals surface area contributed by atoms with Crippen LogP contribution in [0.15, 0.2) is 0 Å². The molecule has 0 radical (unpaired) electrons. The molecule has 0 bridgehead atoms. The van der Waals surface area contributed by atoms with Crippen molar-refractivity contribution >= 4 is 0 Å².